The van der Waals surface area contributed by atoms with E-state index in [4.69, 9.17) is 5.73 Å². The summed E-state index contributed by atoms with van der Waals surface area (Å²) in [5, 5.41) is 22.4. The van der Waals surface area contributed by atoms with Gasteiger partial charge in [-0.15, -0.1) is 5.10 Å². The van der Waals surface area contributed by atoms with E-state index in [0.29, 0.717) is 18.4 Å². The zero-order chi connectivity index (χ0) is 28.4. The fraction of sp³-hybridized carbons (Fsp3) is 0.310. The molecule has 0 spiro atoms. The SMILES string of the molecule is Cn1nnc2cc(CNC(=O)C3CC(O)(c4ccc(F)c(F)c4)CN3C(=O)C(N)CCc3ccccc3)ccc21. The zero-order valence-corrected chi connectivity index (χ0v) is 21.9. The molecule has 4 N–H and O–H groups in total. The molecule has 2 amide bonds. The number of benzene rings is 3. The number of fused-ring (bicyclic) bond motifs is 1. The van der Waals surface area contributed by atoms with Crippen molar-refractivity contribution in [3.63, 3.8) is 0 Å². The van der Waals surface area contributed by atoms with Gasteiger partial charge in [-0.3, -0.25) is 9.59 Å². The highest BCUT2D eigenvalue weighted by Gasteiger charge is 2.49. The van der Waals surface area contributed by atoms with Crippen LogP contribution in [0.15, 0.2) is 66.7 Å². The maximum absolute atomic E-state index is 14.0. The molecule has 11 heteroatoms. The molecular weight excluding hydrogens is 518 g/mol. The first kappa shape index (κ1) is 27.4. The summed E-state index contributed by atoms with van der Waals surface area (Å²) in [6.45, 7) is -0.146. The number of nitrogens with two attached hydrogens (primary N) is 1. The number of aryl methyl sites for hydroxylation is 2. The Bertz CT molecular complexity index is 1550. The predicted octanol–water partition coefficient (Wildman–Crippen LogP) is 2.31. The summed E-state index contributed by atoms with van der Waals surface area (Å²) in [4.78, 5) is 28.2. The van der Waals surface area contributed by atoms with Crippen molar-refractivity contribution >= 4 is 22.8 Å². The second-order valence-electron chi connectivity index (χ2n) is 10.2. The molecule has 0 aliphatic carbocycles. The van der Waals surface area contributed by atoms with Gasteiger partial charge in [-0.1, -0.05) is 47.7 Å². The van der Waals surface area contributed by atoms with Crippen molar-refractivity contribution < 1.29 is 23.5 Å². The van der Waals surface area contributed by atoms with Crippen LogP contribution in [0.25, 0.3) is 11.0 Å². The van der Waals surface area contributed by atoms with Crippen LogP contribution in [0.4, 0.5) is 8.78 Å². The number of aliphatic hydroxyl groups is 1. The van der Waals surface area contributed by atoms with Crippen molar-refractivity contribution in [3.8, 4) is 0 Å². The van der Waals surface area contributed by atoms with E-state index in [2.05, 4.69) is 15.6 Å². The fourth-order valence-electron chi connectivity index (χ4n) is 5.15. The maximum atomic E-state index is 14.0. The third kappa shape index (κ3) is 5.56. The number of hydrogen-bond donors (Lipinski definition) is 3. The number of halogens is 2. The molecule has 3 unspecified atom stereocenters. The minimum Gasteiger partial charge on any atom is -0.383 e. The van der Waals surface area contributed by atoms with Gasteiger partial charge in [0, 0.05) is 20.0 Å². The van der Waals surface area contributed by atoms with E-state index in [1.165, 1.54) is 11.0 Å². The van der Waals surface area contributed by atoms with Crippen LogP contribution in [0, 0.1) is 11.6 Å². The lowest BCUT2D eigenvalue weighted by molar-refractivity contribution is -0.139. The van der Waals surface area contributed by atoms with Crippen LogP contribution in [0.2, 0.25) is 0 Å². The van der Waals surface area contributed by atoms with Gasteiger partial charge in [-0.05, 0) is 53.8 Å². The predicted molar refractivity (Wildman–Crippen MR) is 143 cm³/mol. The van der Waals surface area contributed by atoms with Gasteiger partial charge in [-0.25, -0.2) is 13.5 Å². The summed E-state index contributed by atoms with van der Waals surface area (Å²) in [5.41, 5.74) is 7.86. The molecule has 3 atom stereocenters. The van der Waals surface area contributed by atoms with Gasteiger partial charge in [0.05, 0.1) is 18.1 Å². The monoisotopic (exact) mass is 548 g/mol. The highest BCUT2D eigenvalue weighted by molar-refractivity contribution is 5.90. The summed E-state index contributed by atoms with van der Waals surface area (Å²) in [7, 11) is 1.78. The van der Waals surface area contributed by atoms with Crippen LogP contribution >= 0.6 is 0 Å². The summed E-state index contributed by atoms with van der Waals surface area (Å²) < 4.78 is 29.3. The minimum absolute atomic E-state index is 0.0745. The molecular formula is C29H30F2N6O3. The van der Waals surface area contributed by atoms with E-state index in [-0.39, 0.29) is 25.1 Å². The van der Waals surface area contributed by atoms with Crippen LogP contribution in [-0.2, 0) is 35.2 Å². The standard InChI is InChI=1S/C29H30F2N6O3/c1-36-25-12-8-19(13-24(25)34-35-36)16-33-27(38)26-15-29(40,20-9-10-21(30)22(31)14-20)17-37(26)28(39)23(32)11-7-18-5-3-2-4-6-18/h2-6,8-10,12-14,23,26,40H,7,11,15-17,32H2,1H3,(H,33,38). The molecule has 0 bridgehead atoms. The molecule has 5 rings (SSSR count). The van der Waals surface area contributed by atoms with Gasteiger partial charge in [-0.2, -0.15) is 0 Å². The van der Waals surface area contributed by atoms with Gasteiger partial charge in [0.2, 0.25) is 11.8 Å². The number of carbonyl (C=O) groups excluding carboxylic acids is 2. The number of hydrogen-bond acceptors (Lipinski definition) is 6. The van der Waals surface area contributed by atoms with Gasteiger partial charge in [0.1, 0.15) is 17.2 Å². The van der Waals surface area contributed by atoms with Crippen molar-refractivity contribution in [2.24, 2.45) is 12.8 Å². The second-order valence-corrected chi connectivity index (χ2v) is 10.2. The van der Waals surface area contributed by atoms with E-state index in [9.17, 15) is 23.5 Å². The normalized spacial score (nSPS) is 19.6. The Morgan fingerprint density at radius 2 is 1.88 bits per heavy atom. The Labute approximate surface area is 229 Å². The molecule has 40 heavy (non-hydrogen) atoms. The number of carbonyl (C=O) groups is 2. The van der Waals surface area contributed by atoms with Crippen molar-refractivity contribution in [1.82, 2.24) is 25.2 Å². The number of aromatic nitrogens is 3. The molecule has 1 aliphatic heterocycles. The summed E-state index contributed by atoms with van der Waals surface area (Å²) >= 11 is 0. The Balaban J connectivity index is 1.35. The van der Waals surface area contributed by atoms with Crippen LogP contribution < -0.4 is 11.1 Å². The molecule has 3 aromatic carbocycles. The molecule has 0 radical (unpaired) electrons. The van der Waals surface area contributed by atoms with Gasteiger partial charge < -0.3 is 21.1 Å². The number of nitrogens with one attached hydrogen (secondary N) is 1. The lowest BCUT2D eigenvalue weighted by Crippen LogP contribution is -2.51. The van der Waals surface area contributed by atoms with Gasteiger partial charge in [0.25, 0.3) is 0 Å². The van der Waals surface area contributed by atoms with Crippen LogP contribution in [0.3, 0.4) is 0 Å². The van der Waals surface area contributed by atoms with Gasteiger partial charge >= 0.3 is 0 Å². The maximum Gasteiger partial charge on any atom is 0.243 e. The summed E-state index contributed by atoms with van der Waals surface area (Å²) in [6.07, 6.45) is 0.677. The van der Waals surface area contributed by atoms with Crippen LogP contribution in [-0.4, -0.2) is 55.4 Å². The number of likely N-dealkylation sites (tertiary alicyclic amines) is 1. The average molecular weight is 549 g/mol. The third-order valence-corrected chi connectivity index (χ3v) is 7.43. The Morgan fingerprint density at radius 3 is 2.62 bits per heavy atom. The van der Waals surface area contributed by atoms with Crippen molar-refractivity contribution in [2.45, 2.75) is 43.5 Å². The highest BCUT2D eigenvalue weighted by atomic mass is 19.2. The quantitative estimate of drug-likeness (QED) is 0.310. The first-order valence-corrected chi connectivity index (χ1v) is 13.0. The van der Waals surface area contributed by atoms with Crippen LogP contribution in [0.5, 0.6) is 0 Å². The van der Waals surface area contributed by atoms with E-state index in [0.717, 1.165) is 28.8 Å². The fourth-order valence-corrected chi connectivity index (χ4v) is 5.15. The molecule has 1 aromatic heterocycles. The number of amides is 2. The largest absolute Gasteiger partial charge is 0.383 e. The smallest absolute Gasteiger partial charge is 0.243 e. The molecule has 4 aromatic rings. The molecule has 1 saturated heterocycles. The van der Waals surface area contributed by atoms with E-state index < -0.39 is 41.1 Å². The lowest BCUT2D eigenvalue weighted by atomic mass is 9.91. The zero-order valence-electron chi connectivity index (χ0n) is 21.9. The Morgan fingerprint density at radius 1 is 1.10 bits per heavy atom. The summed E-state index contributed by atoms with van der Waals surface area (Å²) in [6, 6.07) is 16.1. The average Bonchev–Trinajstić information content (AvgIpc) is 3.52. The van der Waals surface area contributed by atoms with Crippen molar-refractivity contribution in [1.29, 1.82) is 0 Å². The van der Waals surface area contributed by atoms with Crippen LogP contribution in [0.1, 0.15) is 29.5 Å². The molecule has 1 aliphatic rings. The summed E-state index contributed by atoms with van der Waals surface area (Å²) in [5.74, 6) is -3.19. The third-order valence-electron chi connectivity index (χ3n) is 7.43. The Hall–Kier alpha value is -4.22. The molecule has 1 fully saturated rings. The van der Waals surface area contributed by atoms with E-state index >= 15 is 0 Å². The number of rotatable bonds is 8. The van der Waals surface area contributed by atoms with Crippen molar-refractivity contribution in [2.75, 3.05) is 6.54 Å². The minimum atomic E-state index is -1.77. The first-order chi connectivity index (χ1) is 19.1. The second kappa shape index (κ2) is 11.1. The first-order valence-electron chi connectivity index (χ1n) is 13.0. The molecule has 208 valence electrons. The Kier molecular flexibility index (Phi) is 7.59. The number of nitrogens with zero attached hydrogens (tertiary/aromatic N) is 4. The van der Waals surface area contributed by atoms with E-state index in [1.807, 2.05) is 42.5 Å². The van der Waals surface area contributed by atoms with E-state index in [1.54, 1.807) is 17.8 Å². The molecule has 0 saturated carbocycles. The van der Waals surface area contributed by atoms with Crippen molar-refractivity contribution in [3.05, 3.63) is 95.1 Å². The van der Waals surface area contributed by atoms with Gasteiger partial charge in [0.15, 0.2) is 11.6 Å². The lowest BCUT2D eigenvalue weighted by Gasteiger charge is -2.27. The molecule has 9 nitrogen and oxygen atoms in total. The highest BCUT2D eigenvalue weighted by Crippen LogP contribution is 2.37. The molecule has 2 heterocycles. The number of β-amino-alcohol motifs (C(OH)–C–C–N with tert-alkyl or cyclic N) is 1. The topological polar surface area (TPSA) is 126 Å².